The van der Waals surface area contributed by atoms with Gasteiger partial charge in [-0.15, -0.1) is 0 Å². The van der Waals surface area contributed by atoms with Crippen LogP contribution >= 0.6 is 11.6 Å². The van der Waals surface area contributed by atoms with Crippen LogP contribution in [0.15, 0.2) is 53.4 Å². The Bertz CT molecular complexity index is 876. The molecule has 25 heavy (non-hydrogen) atoms. The van der Waals surface area contributed by atoms with Gasteiger partial charge in [0.2, 0.25) is 10.0 Å². The van der Waals surface area contributed by atoms with E-state index in [1.54, 1.807) is 24.3 Å². The number of carbonyl (C=O) groups is 2. The molecule has 8 heteroatoms. The standard InChI is InChI=1S/C17H16ClNO5S/c1-11(20)12-4-8-15(9-5-12)25(23,24)19-16(10-17(21)22)13-2-6-14(18)7-3-13/h2-9,16,19H,10H2,1H3,(H,21,22)/t16-/m0/s1. The van der Waals surface area contributed by atoms with Gasteiger partial charge in [-0.25, -0.2) is 13.1 Å². The number of Topliss-reactive ketones (excluding diaryl/α,β-unsaturated/α-hetero) is 1. The van der Waals surface area contributed by atoms with Crippen molar-refractivity contribution in [1.29, 1.82) is 0 Å². The van der Waals surface area contributed by atoms with Gasteiger partial charge in [0, 0.05) is 10.6 Å². The van der Waals surface area contributed by atoms with E-state index < -0.39 is 28.5 Å². The maximum Gasteiger partial charge on any atom is 0.305 e. The van der Waals surface area contributed by atoms with Gasteiger partial charge in [0.25, 0.3) is 0 Å². The van der Waals surface area contributed by atoms with Crippen molar-refractivity contribution in [3.8, 4) is 0 Å². The summed E-state index contributed by atoms with van der Waals surface area (Å²) in [6.07, 6.45) is -0.424. The van der Waals surface area contributed by atoms with Crippen LogP contribution in [-0.4, -0.2) is 25.3 Å². The van der Waals surface area contributed by atoms with Gasteiger partial charge >= 0.3 is 5.97 Å². The fraction of sp³-hybridized carbons (Fsp3) is 0.176. The second-order valence-corrected chi connectivity index (χ2v) is 7.55. The van der Waals surface area contributed by atoms with E-state index in [-0.39, 0.29) is 10.7 Å². The van der Waals surface area contributed by atoms with E-state index in [4.69, 9.17) is 16.7 Å². The minimum Gasteiger partial charge on any atom is -0.481 e. The van der Waals surface area contributed by atoms with E-state index in [0.717, 1.165) is 0 Å². The lowest BCUT2D eigenvalue weighted by Gasteiger charge is -2.18. The number of hydrogen-bond acceptors (Lipinski definition) is 4. The van der Waals surface area contributed by atoms with Crippen molar-refractivity contribution in [3.63, 3.8) is 0 Å². The van der Waals surface area contributed by atoms with Gasteiger partial charge in [-0.3, -0.25) is 9.59 Å². The van der Waals surface area contributed by atoms with Crippen LogP contribution in [0.1, 0.15) is 35.3 Å². The molecular weight excluding hydrogens is 366 g/mol. The summed E-state index contributed by atoms with van der Waals surface area (Å²) >= 11 is 5.81. The highest BCUT2D eigenvalue weighted by atomic mass is 35.5. The molecule has 0 heterocycles. The SMILES string of the molecule is CC(=O)c1ccc(S(=O)(=O)N[C@@H](CC(=O)O)c2ccc(Cl)cc2)cc1. The Morgan fingerprint density at radius 3 is 2.12 bits per heavy atom. The number of nitrogens with one attached hydrogen (secondary N) is 1. The van der Waals surface area contributed by atoms with Gasteiger partial charge in [0.1, 0.15) is 0 Å². The van der Waals surface area contributed by atoms with Crippen LogP contribution in [0.4, 0.5) is 0 Å². The van der Waals surface area contributed by atoms with Crippen LogP contribution in [0, 0.1) is 0 Å². The third-order valence-electron chi connectivity index (χ3n) is 3.52. The molecule has 1 atom stereocenters. The lowest BCUT2D eigenvalue weighted by molar-refractivity contribution is -0.137. The first-order valence-corrected chi connectivity index (χ1v) is 9.16. The normalized spacial score (nSPS) is 12.6. The number of aliphatic carboxylic acids is 1. The fourth-order valence-corrected chi connectivity index (χ4v) is 3.57. The van der Waals surface area contributed by atoms with E-state index in [1.165, 1.54) is 31.2 Å². The van der Waals surface area contributed by atoms with Gasteiger partial charge in [0.05, 0.1) is 17.4 Å². The molecule has 132 valence electrons. The average Bonchev–Trinajstić information content (AvgIpc) is 2.54. The average molecular weight is 382 g/mol. The Labute approximate surface area is 150 Å². The molecule has 2 aromatic carbocycles. The summed E-state index contributed by atoms with van der Waals surface area (Å²) in [5, 5.41) is 9.53. The Balaban J connectivity index is 2.31. The van der Waals surface area contributed by atoms with Crippen molar-refractivity contribution < 1.29 is 23.1 Å². The second kappa shape index (κ2) is 7.77. The van der Waals surface area contributed by atoms with Crippen LogP contribution in [0.3, 0.4) is 0 Å². The zero-order valence-electron chi connectivity index (χ0n) is 13.3. The predicted molar refractivity (Wildman–Crippen MR) is 93.2 cm³/mol. The van der Waals surface area contributed by atoms with Crippen LogP contribution in [-0.2, 0) is 14.8 Å². The molecule has 0 amide bonds. The first-order chi connectivity index (χ1) is 11.7. The lowest BCUT2D eigenvalue weighted by Crippen LogP contribution is -2.30. The van der Waals surface area contributed by atoms with Gasteiger partial charge in [-0.1, -0.05) is 35.9 Å². The Morgan fingerprint density at radius 1 is 1.08 bits per heavy atom. The Kier molecular flexibility index (Phi) is 5.94. The van der Waals surface area contributed by atoms with E-state index in [0.29, 0.717) is 16.1 Å². The van der Waals surface area contributed by atoms with Crippen molar-refractivity contribution in [3.05, 3.63) is 64.7 Å². The van der Waals surface area contributed by atoms with E-state index >= 15 is 0 Å². The molecule has 0 aliphatic rings. The third-order valence-corrected chi connectivity index (χ3v) is 5.26. The minimum absolute atomic E-state index is 0.0538. The highest BCUT2D eigenvalue weighted by Crippen LogP contribution is 2.22. The summed E-state index contributed by atoms with van der Waals surface area (Å²) in [6, 6.07) is 10.7. The number of sulfonamides is 1. The van der Waals surface area contributed by atoms with Crippen molar-refractivity contribution in [1.82, 2.24) is 4.72 Å². The van der Waals surface area contributed by atoms with Crippen LogP contribution < -0.4 is 4.72 Å². The van der Waals surface area contributed by atoms with E-state index in [1.807, 2.05) is 0 Å². The van der Waals surface area contributed by atoms with Gasteiger partial charge in [0.15, 0.2) is 5.78 Å². The number of rotatable bonds is 7. The number of benzene rings is 2. The van der Waals surface area contributed by atoms with Crippen LogP contribution in [0.5, 0.6) is 0 Å². The smallest absolute Gasteiger partial charge is 0.305 e. The lowest BCUT2D eigenvalue weighted by atomic mass is 10.1. The molecule has 0 saturated carbocycles. The molecule has 0 aliphatic carbocycles. The molecule has 0 radical (unpaired) electrons. The highest BCUT2D eigenvalue weighted by Gasteiger charge is 2.23. The fourth-order valence-electron chi connectivity index (χ4n) is 2.22. The number of ketones is 1. The van der Waals surface area contributed by atoms with E-state index in [2.05, 4.69) is 4.72 Å². The zero-order valence-corrected chi connectivity index (χ0v) is 14.8. The second-order valence-electron chi connectivity index (χ2n) is 5.40. The van der Waals surface area contributed by atoms with Gasteiger partial charge in [-0.05, 0) is 36.8 Å². The molecule has 0 unspecified atom stereocenters. The molecule has 6 nitrogen and oxygen atoms in total. The van der Waals surface area contributed by atoms with Crippen molar-refractivity contribution in [2.24, 2.45) is 0 Å². The largest absolute Gasteiger partial charge is 0.481 e. The maximum absolute atomic E-state index is 12.5. The topological polar surface area (TPSA) is 101 Å². The first-order valence-electron chi connectivity index (χ1n) is 7.29. The monoisotopic (exact) mass is 381 g/mol. The molecule has 0 saturated heterocycles. The third kappa shape index (κ3) is 5.12. The molecule has 0 bridgehead atoms. The number of halogens is 1. The zero-order chi connectivity index (χ0) is 18.6. The summed E-state index contributed by atoms with van der Waals surface area (Å²) < 4.78 is 27.4. The van der Waals surface area contributed by atoms with Crippen LogP contribution in [0.2, 0.25) is 5.02 Å². The summed E-state index contributed by atoms with van der Waals surface area (Å²) in [4.78, 5) is 22.3. The highest BCUT2D eigenvalue weighted by molar-refractivity contribution is 7.89. The van der Waals surface area contributed by atoms with Crippen molar-refractivity contribution >= 4 is 33.4 Å². The number of carbonyl (C=O) groups excluding carboxylic acids is 1. The Morgan fingerprint density at radius 2 is 1.64 bits per heavy atom. The van der Waals surface area contributed by atoms with E-state index in [9.17, 15) is 18.0 Å². The number of carboxylic acids is 1. The minimum atomic E-state index is -3.96. The molecule has 0 fully saturated rings. The van der Waals surface area contributed by atoms with Crippen molar-refractivity contribution in [2.45, 2.75) is 24.3 Å². The molecule has 0 spiro atoms. The summed E-state index contributed by atoms with van der Waals surface area (Å²) in [5.74, 6) is -1.32. The quantitative estimate of drug-likeness (QED) is 0.718. The molecular formula is C17H16ClNO5S. The Hall–Kier alpha value is -2.22. The van der Waals surface area contributed by atoms with Crippen molar-refractivity contribution in [2.75, 3.05) is 0 Å². The molecule has 2 aromatic rings. The predicted octanol–water partition coefficient (Wildman–Crippen LogP) is 3.04. The summed E-state index contributed by atoms with van der Waals surface area (Å²) in [5.41, 5.74) is 0.870. The van der Waals surface area contributed by atoms with Gasteiger partial charge < -0.3 is 5.11 Å². The molecule has 2 N–H and O–H groups in total. The maximum atomic E-state index is 12.5. The summed E-state index contributed by atoms with van der Waals surface area (Å²) in [7, 11) is -3.96. The first kappa shape index (κ1) is 19.1. The number of hydrogen-bond donors (Lipinski definition) is 2. The molecule has 0 aliphatic heterocycles. The molecule has 0 aromatic heterocycles. The molecule has 2 rings (SSSR count). The van der Waals surface area contributed by atoms with Gasteiger partial charge in [-0.2, -0.15) is 0 Å². The number of carboxylic acid groups (broad SMARTS) is 1. The summed E-state index contributed by atoms with van der Waals surface area (Å²) in [6.45, 7) is 1.38. The van der Waals surface area contributed by atoms with Crippen LogP contribution in [0.25, 0.3) is 0 Å².